The summed E-state index contributed by atoms with van der Waals surface area (Å²) in [5, 5.41) is 12.2. The molecule has 6 nitrogen and oxygen atoms in total. The van der Waals surface area contributed by atoms with Crippen LogP contribution in [0, 0.1) is 6.92 Å². The smallest absolute Gasteiger partial charge is 0.303 e. The third-order valence-corrected chi connectivity index (χ3v) is 2.44. The number of aryl methyl sites for hydroxylation is 1. The highest BCUT2D eigenvalue weighted by Crippen LogP contribution is 2.04. The highest BCUT2D eigenvalue weighted by molar-refractivity contribution is 5.80. The Balaban J connectivity index is 2.11. The van der Waals surface area contributed by atoms with E-state index in [-0.39, 0.29) is 12.3 Å². The Morgan fingerprint density at radius 3 is 2.68 bits per heavy atom. The van der Waals surface area contributed by atoms with Gasteiger partial charge in [-0.05, 0) is 31.9 Å². The number of amides is 1. The van der Waals surface area contributed by atoms with Gasteiger partial charge in [0.1, 0.15) is 11.5 Å². The number of carboxylic acid groups (broad SMARTS) is 1. The Bertz CT molecular complexity index is 451. The van der Waals surface area contributed by atoms with E-state index in [0.29, 0.717) is 25.0 Å². The zero-order chi connectivity index (χ0) is 14.1. The summed E-state index contributed by atoms with van der Waals surface area (Å²) >= 11 is 0. The maximum Gasteiger partial charge on any atom is 0.303 e. The molecular formula is C13H18N2O4. The lowest BCUT2D eigenvalue weighted by molar-refractivity contribution is -0.137. The molecule has 1 aromatic heterocycles. The van der Waals surface area contributed by atoms with Crippen molar-refractivity contribution in [3.8, 4) is 0 Å². The van der Waals surface area contributed by atoms with E-state index < -0.39 is 5.97 Å². The van der Waals surface area contributed by atoms with Gasteiger partial charge in [0.15, 0.2) is 0 Å². The molecule has 104 valence electrons. The van der Waals surface area contributed by atoms with E-state index >= 15 is 0 Å². The average molecular weight is 266 g/mol. The van der Waals surface area contributed by atoms with Crippen LogP contribution in [0.5, 0.6) is 0 Å². The van der Waals surface area contributed by atoms with Crippen LogP contribution in [0.4, 0.5) is 0 Å². The molecule has 0 aromatic carbocycles. The van der Waals surface area contributed by atoms with Crippen LogP contribution in [0.2, 0.25) is 0 Å². The fraction of sp³-hybridized carbons (Fsp3) is 0.462. The lowest BCUT2D eigenvalue weighted by atomic mass is 10.1. The molecule has 0 aliphatic heterocycles. The molecule has 0 atom stereocenters. The highest BCUT2D eigenvalue weighted by atomic mass is 16.4. The fourth-order valence-electron chi connectivity index (χ4n) is 1.49. The molecule has 0 fully saturated rings. The lowest BCUT2D eigenvalue weighted by Crippen LogP contribution is -2.16. The molecule has 1 heterocycles. The summed E-state index contributed by atoms with van der Waals surface area (Å²) in [6.07, 6.45) is 3.91. The van der Waals surface area contributed by atoms with E-state index in [0.717, 1.165) is 12.2 Å². The van der Waals surface area contributed by atoms with Gasteiger partial charge in [0.2, 0.25) is 5.91 Å². The molecule has 0 bridgehead atoms. The SMILES string of the molecule is Cc1ccc(/C=N/NC(=O)CCCCCC(=O)O)o1. The summed E-state index contributed by atoms with van der Waals surface area (Å²) in [5.41, 5.74) is 2.39. The van der Waals surface area contributed by atoms with Gasteiger partial charge in [-0.2, -0.15) is 5.10 Å². The summed E-state index contributed by atoms with van der Waals surface area (Å²) in [6.45, 7) is 1.83. The van der Waals surface area contributed by atoms with Crippen LogP contribution in [-0.2, 0) is 9.59 Å². The van der Waals surface area contributed by atoms with E-state index in [4.69, 9.17) is 9.52 Å². The van der Waals surface area contributed by atoms with Gasteiger partial charge in [0.25, 0.3) is 0 Å². The third kappa shape index (κ3) is 7.03. The van der Waals surface area contributed by atoms with E-state index in [1.54, 1.807) is 6.07 Å². The largest absolute Gasteiger partial charge is 0.481 e. The van der Waals surface area contributed by atoms with Crippen LogP contribution < -0.4 is 5.43 Å². The Kier molecular flexibility index (Phi) is 6.35. The molecule has 0 aliphatic carbocycles. The van der Waals surface area contributed by atoms with Gasteiger partial charge in [-0.1, -0.05) is 6.42 Å². The van der Waals surface area contributed by atoms with Gasteiger partial charge in [0.05, 0.1) is 6.21 Å². The predicted octanol–water partition coefficient (Wildman–Crippen LogP) is 2.07. The summed E-state index contributed by atoms with van der Waals surface area (Å²) in [6, 6.07) is 3.57. The molecule has 1 rings (SSSR count). The van der Waals surface area contributed by atoms with Crippen molar-refractivity contribution in [2.45, 2.75) is 39.0 Å². The molecule has 1 amide bonds. The van der Waals surface area contributed by atoms with Crippen LogP contribution in [0.1, 0.15) is 43.6 Å². The van der Waals surface area contributed by atoms with Crippen LogP contribution in [0.3, 0.4) is 0 Å². The van der Waals surface area contributed by atoms with E-state index in [1.165, 1.54) is 6.21 Å². The molecule has 0 saturated heterocycles. The van der Waals surface area contributed by atoms with Gasteiger partial charge >= 0.3 is 5.97 Å². The van der Waals surface area contributed by atoms with Crippen LogP contribution >= 0.6 is 0 Å². The van der Waals surface area contributed by atoms with Crippen molar-refractivity contribution < 1.29 is 19.1 Å². The number of hydrogen-bond acceptors (Lipinski definition) is 4. The quantitative estimate of drug-likeness (QED) is 0.428. The molecule has 1 aromatic rings. The highest BCUT2D eigenvalue weighted by Gasteiger charge is 2.01. The number of furan rings is 1. The predicted molar refractivity (Wildman–Crippen MR) is 69.9 cm³/mol. The summed E-state index contributed by atoms with van der Waals surface area (Å²) in [7, 11) is 0. The standard InChI is InChI=1S/C13H18N2O4/c1-10-7-8-11(19-10)9-14-15-12(16)5-3-2-4-6-13(17)18/h7-9H,2-6H2,1H3,(H,15,16)(H,17,18)/b14-9+. The average Bonchev–Trinajstić information content (AvgIpc) is 2.74. The molecule has 0 radical (unpaired) electrons. The van der Waals surface area contributed by atoms with Crippen molar-refractivity contribution in [3.63, 3.8) is 0 Å². The van der Waals surface area contributed by atoms with E-state index in [1.807, 2.05) is 13.0 Å². The Labute approximate surface area is 111 Å². The van der Waals surface area contributed by atoms with Crippen molar-refractivity contribution in [2.24, 2.45) is 5.10 Å². The van der Waals surface area contributed by atoms with Gasteiger partial charge in [-0.15, -0.1) is 0 Å². The fourth-order valence-corrected chi connectivity index (χ4v) is 1.49. The maximum absolute atomic E-state index is 11.4. The van der Waals surface area contributed by atoms with Gasteiger partial charge in [0, 0.05) is 12.8 Å². The monoisotopic (exact) mass is 266 g/mol. The Morgan fingerprint density at radius 1 is 1.32 bits per heavy atom. The number of carbonyl (C=O) groups excluding carboxylic acids is 1. The molecule has 0 spiro atoms. The maximum atomic E-state index is 11.4. The second-order valence-corrected chi connectivity index (χ2v) is 4.20. The molecule has 0 unspecified atom stereocenters. The Morgan fingerprint density at radius 2 is 2.05 bits per heavy atom. The number of carboxylic acids is 1. The molecule has 19 heavy (non-hydrogen) atoms. The van der Waals surface area contributed by atoms with Crippen LogP contribution in [0.15, 0.2) is 21.7 Å². The number of nitrogens with one attached hydrogen (secondary N) is 1. The minimum absolute atomic E-state index is 0.150. The second kappa shape index (κ2) is 8.07. The van der Waals surface area contributed by atoms with Gasteiger partial charge < -0.3 is 9.52 Å². The topological polar surface area (TPSA) is 91.9 Å². The van der Waals surface area contributed by atoms with Crippen molar-refractivity contribution >= 4 is 18.1 Å². The number of unbranched alkanes of at least 4 members (excludes halogenated alkanes) is 2. The lowest BCUT2D eigenvalue weighted by Gasteiger charge is -1.99. The molecule has 0 saturated carbocycles. The molecular weight excluding hydrogens is 248 g/mol. The Hall–Kier alpha value is -2.11. The first-order chi connectivity index (χ1) is 9.08. The van der Waals surface area contributed by atoms with Crippen LogP contribution in [-0.4, -0.2) is 23.2 Å². The van der Waals surface area contributed by atoms with Crippen molar-refractivity contribution in [1.29, 1.82) is 0 Å². The number of hydrazone groups is 1. The number of aliphatic carboxylic acids is 1. The van der Waals surface area contributed by atoms with E-state index in [9.17, 15) is 9.59 Å². The van der Waals surface area contributed by atoms with Gasteiger partial charge in [-0.3, -0.25) is 9.59 Å². The zero-order valence-corrected chi connectivity index (χ0v) is 10.9. The third-order valence-electron chi connectivity index (χ3n) is 2.44. The van der Waals surface area contributed by atoms with E-state index in [2.05, 4.69) is 10.5 Å². The van der Waals surface area contributed by atoms with Crippen molar-refractivity contribution in [1.82, 2.24) is 5.43 Å². The first-order valence-corrected chi connectivity index (χ1v) is 6.18. The normalized spacial score (nSPS) is 10.8. The molecule has 6 heteroatoms. The first-order valence-electron chi connectivity index (χ1n) is 6.18. The summed E-state index contributed by atoms with van der Waals surface area (Å²) in [4.78, 5) is 21.6. The summed E-state index contributed by atoms with van der Waals surface area (Å²) < 4.78 is 5.24. The number of hydrogen-bond donors (Lipinski definition) is 2. The number of rotatable bonds is 8. The van der Waals surface area contributed by atoms with Gasteiger partial charge in [-0.25, -0.2) is 5.43 Å². The number of nitrogens with zero attached hydrogens (tertiary/aromatic N) is 1. The number of carbonyl (C=O) groups is 2. The minimum atomic E-state index is -0.803. The second-order valence-electron chi connectivity index (χ2n) is 4.20. The van der Waals surface area contributed by atoms with Crippen molar-refractivity contribution in [2.75, 3.05) is 0 Å². The first kappa shape index (κ1) is 14.9. The molecule has 0 aliphatic rings. The molecule has 2 N–H and O–H groups in total. The minimum Gasteiger partial charge on any atom is -0.481 e. The summed E-state index contributed by atoms with van der Waals surface area (Å²) in [5.74, 6) is 0.378. The van der Waals surface area contributed by atoms with Crippen molar-refractivity contribution in [3.05, 3.63) is 23.7 Å². The zero-order valence-electron chi connectivity index (χ0n) is 10.9. The van der Waals surface area contributed by atoms with Crippen LogP contribution in [0.25, 0.3) is 0 Å².